The Balaban J connectivity index is 1.43. The van der Waals surface area contributed by atoms with Crippen LogP contribution in [0.4, 0.5) is 0 Å². The normalized spacial score (nSPS) is 15.7. The van der Waals surface area contributed by atoms with E-state index in [-0.39, 0.29) is 17.8 Å². The van der Waals surface area contributed by atoms with E-state index in [1.807, 2.05) is 64.1 Å². The molecule has 0 spiro atoms. The Morgan fingerprint density at radius 2 is 2.03 bits per heavy atom. The minimum Gasteiger partial charge on any atom is -0.497 e. The number of amides is 1. The average molecular weight is 439 g/mol. The molecule has 3 aromatic rings. The van der Waals surface area contributed by atoms with Crippen molar-refractivity contribution in [2.75, 3.05) is 26.0 Å². The van der Waals surface area contributed by atoms with Crippen molar-refractivity contribution in [1.82, 2.24) is 19.7 Å². The number of hydrogen-bond donors (Lipinski definition) is 0. The highest BCUT2D eigenvalue weighted by Gasteiger charge is 2.23. The van der Waals surface area contributed by atoms with Crippen molar-refractivity contribution in [3.63, 3.8) is 0 Å². The van der Waals surface area contributed by atoms with Crippen LogP contribution in [0.25, 0.3) is 5.69 Å². The molecule has 1 fully saturated rings. The topological polar surface area (TPSA) is 69.5 Å². The van der Waals surface area contributed by atoms with Gasteiger partial charge in [0.1, 0.15) is 12.1 Å². The zero-order valence-electron chi connectivity index (χ0n) is 17.5. The molecule has 2 heterocycles. The first kappa shape index (κ1) is 21.4. The molecule has 0 aliphatic carbocycles. The van der Waals surface area contributed by atoms with E-state index in [1.165, 1.54) is 11.8 Å². The molecule has 2 aromatic carbocycles. The quantitative estimate of drug-likeness (QED) is 0.476. The molecule has 1 unspecified atom stereocenters. The Morgan fingerprint density at radius 3 is 2.74 bits per heavy atom. The lowest BCUT2D eigenvalue weighted by molar-refractivity contribution is -0.130. The van der Waals surface area contributed by atoms with E-state index < -0.39 is 0 Å². The van der Waals surface area contributed by atoms with Crippen LogP contribution in [0.15, 0.2) is 66.1 Å². The van der Waals surface area contributed by atoms with Gasteiger partial charge < -0.3 is 14.4 Å². The van der Waals surface area contributed by atoms with Gasteiger partial charge in [-0.2, -0.15) is 0 Å². The summed E-state index contributed by atoms with van der Waals surface area (Å²) >= 11 is 1.39. The van der Waals surface area contributed by atoms with Gasteiger partial charge in [-0.15, -0.1) is 10.2 Å². The Kier molecular flexibility index (Phi) is 7.22. The molecule has 8 heteroatoms. The van der Waals surface area contributed by atoms with Gasteiger partial charge in [-0.25, -0.2) is 0 Å². The molecule has 162 valence electrons. The minimum atomic E-state index is 0.0635. The first-order chi connectivity index (χ1) is 15.2. The van der Waals surface area contributed by atoms with E-state index in [0.717, 1.165) is 36.4 Å². The van der Waals surface area contributed by atoms with Crippen molar-refractivity contribution < 1.29 is 14.3 Å². The highest BCUT2D eigenvalue weighted by molar-refractivity contribution is 7.99. The highest BCUT2D eigenvalue weighted by atomic mass is 32.2. The van der Waals surface area contributed by atoms with Gasteiger partial charge in [0.2, 0.25) is 5.91 Å². The van der Waals surface area contributed by atoms with Gasteiger partial charge >= 0.3 is 0 Å². The summed E-state index contributed by atoms with van der Waals surface area (Å²) in [5.41, 5.74) is 2.03. The van der Waals surface area contributed by atoms with Crippen LogP contribution < -0.4 is 4.74 Å². The van der Waals surface area contributed by atoms with E-state index in [9.17, 15) is 4.79 Å². The standard InChI is InChI=1S/C23H26N4O3S/c1-29-20-11-9-19(10-12-20)27-17-24-25-23(27)31-16-22(28)26(15-21-8-5-13-30-21)14-18-6-3-2-4-7-18/h2-4,6-7,9-12,17,21H,5,8,13-16H2,1H3. The number of benzene rings is 2. The van der Waals surface area contributed by atoms with Gasteiger partial charge in [0.15, 0.2) is 5.16 Å². The van der Waals surface area contributed by atoms with E-state index in [2.05, 4.69) is 10.2 Å². The Morgan fingerprint density at radius 1 is 1.23 bits per heavy atom. The molecule has 0 saturated carbocycles. The van der Waals surface area contributed by atoms with Crippen LogP contribution in [0.1, 0.15) is 18.4 Å². The maximum absolute atomic E-state index is 13.1. The van der Waals surface area contributed by atoms with Gasteiger partial charge in [0.05, 0.1) is 19.0 Å². The maximum Gasteiger partial charge on any atom is 0.233 e. The molecule has 4 rings (SSSR count). The molecule has 0 N–H and O–H groups in total. The monoisotopic (exact) mass is 438 g/mol. The summed E-state index contributed by atoms with van der Waals surface area (Å²) in [5.74, 6) is 1.13. The third kappa shape index (κ3) is 5.65. The minimum absolute atomic E-state index is 0.0635. The van der Waals surface area contributed by atoms with Crippen molar-refractivity contribution in [1.29, 1.82) is 0 Å². The Hall–Kier alpha value is -2.84. The summed E-state index contributed by atoms with van der Waals surface area (Å²) in [6.45, 7) is 1.96. The molecule has 0 bridgehead atoms. The van der Waals surface area contributed by atoms with Crippen LogP contribution in [0.3, 0.4) is 0 Å². The Bertz CT molecular complexity index is 972. The van der Waals surface area contributed by atoms with Crippen LogP contribution in [0, 0.1) is 0 Å². The Labute approximate surface area is 186 Å². The molecule has 1 aliphatic rings. The molecular weight excluding hydrogens is 412 g/mol. The summed E-state index contributed by atoms with van der Waals surface area (Å²) in [5, 5.41) is 8.91. The summed E-state index contributed by atoms with van der Waals surface area (Å²) in [4.78, 5) is 15.0. The second-order valence-corrected chi connectivity index (χ2v) is 8.31. The lowest BCUT2D eigenvalue weighted by Gasteiger charge is -2.25. The molecule has 1 aromatic heterocycles. The molecule has 0 radical (unpaired) electrons. The summed E-state index contributed by atoms with van der Waals surface area (Å²) in [6.07, 6.45) is 3.82. The number of hydrogen-bond acceptors (Lipinski definition) is 6. The van der Waals surface area contributed by atoms with E-state index in [4.69, 9.17) is 9.47 Å². The van der Waals surface area contributed by atoms with Gasteiger partial charge in [0, 0.05) is 25.4 Å². The number of carbonyl (C=O) groups is 1. The lowest BCUT2D eigenvalue weighted by Crippen LogP contribution is -2.38. The zero-order valence-corrected chi connectivity index (χ0v) is 18.3. The number of rotatable bonds is 9. The predicted octanol–water partition coefficient (Wildman–Crippen LogP) is 3.58. The fourth-order valence-electron chi connectivity index (χ4n) is 3.55. The molecular formula is C23H26N4O3S. The maximum atomic E-state index is 13.1. The van der Waals surface area contributed by atoms with Crippen LogP contribution in [0.2, 0.25) is 0 Å². The number of methoxy groups -OCH3 is 1. The van der Waals surface area contributed by atoms with Crippen molar-refractivity contribution >= 4 is 17.7 Å². The second-order valence-electron chi connectivity index (χ2n) is 7.37. The second kappa shape index (κ2) is 10.5. The van der Waals surface area contributed by atoms with Crippen molar-refractivity contribution in [3.05, 3.63) is 66.5 Å². The van der Waals surface area contributed by atoms with Crippen LogP contribution >= 0.6 is 11.8 Å². The number of carbonyl (C=O) groups excluding carboxylic acids is 1. The SMILES string of the molecule is COc1ccc(-n2cnnc2SCC(=O)N(Cc2ccccc2)CC2CCCO2)cc1. The van der Waals surface area contributed by atoms with Gasteiger partial charge in [-0.3, -0.25) is 9.36 Å². The third-order valence-electron chi connectivity index (χ3n) is 5.21. The fraction of sp³-hybridized carbons (Fsp3) is 0.348. The predicted molar refractivity (Wildman–Crippen MR) is 119 cm³/mol. The molecule has 7 nitrogen and oxygen atoms in total. The van der Waals surface area contributed by atoms with Crippen LogP contribution in [0.5, 0.6) is 5.75 Å². The molecule has 31 heavy (non-hydrogen) atoms. The molecule has 1 aliphatic heterocycles. The number of ether oxygens (including phenoxy) is 2. The fourth-order valence-corrected chi connectivity index (χ4v) is 4.38. The van der Waals surface area contributed by atoms with Crippen molar-refractivity contribution in [3.8, 4) is 11.4 Å². The number of nitrogens with zero attached hydrogens (tertiary/aromatic N) is 4. The van der Waals surface area contributed by atoms with Gasteiger partial charge in [0.25, 0.3) is 0 Å². The number of thioether (sulfide) groups is 1. The van der Waals surface area contributed by atoms with E-state index >= 15 is 0 Å². The van der Waals surface area contributed by atoms with E-state index in [1.54, 1.807) is 13.4 Å². The highest BCUT2D eigenvalue weighted by Crippen LogP contribution is 2.23. The lowest BCUT2D eigenvalue weighted by atomic mass is 10.2. The van der Waals surface area contributed by atoms with Crippen molar-refractivity contribution in [2.24, 2.45) is 0 Å². The largest absolute Gasteiger partial charge is 0.497 e. The van der Waals surface area contributed by atoms with Gasteiger partial charge in [-0.1, -0.05) is 42.1 Å². The smallest absolute Gasteiger partial charge is 0.233 e. The molecule has 1 amide bonds. The summed E-state index contributed by atoms with van der Waals surface area (Å²) in [6, 6.07) is 17.7. The molecule has 1 atom stereocenters. The van der Waals surface area contributed by atoms with Crippen LogP contribution in [-0.2, 0) is 16.1 Å². The summed E-state index contributed by atoms with van der Waals surface area (Å²) < 4.78 is 12.9. The van der Waals surface area contributed by atoms with Gasteiger partial charge in [-0.05, 0) is 42.7 Å². The zero-order chi connectivity index (χ0) is 21.5. The first-order valence-electron chi connectivity index (χ1n) is 10.3. The number of aromatic nitrogens is 3. The average Bonchev–Trinajstić information content (AvgIpc) is 3.50. The van der Waals surface area contributed by atoms with Crippen molar-refractivity contribution in [2.45, 2.75) is 30.6 Å². The first-order valence-corrected chi connectivity index (χ1v) is 11.3. The molecule has 1 saturated heterocycles. The van der Waals surface area contributed by atoms with E-state index in [0.29, 0.717) is 18.2 Å². The summed E-state index contributed by atoms with van der Waals surface area (Å²) in [7, 11) is 1.64. The van der Waals surface area contributed by atoms with Crippen LogP contribution in [-0.4, -0.2) is 57.7 Å². The third-order valence-corrected chi connectivity index (χ3v) is 6.14.